The predicted molar refractivity (Wildman–Crippen MR) is 64.9 cm³/mol. The first-order chi connectivity index (χ1) is 7.95. The molecule has 0 spiro atoms. The molecule has 0 fully saturated rings. The zero-order valence-electron chi connectivity index (χ0n) is 10.2. The Morgan fingerprint density at radius 3 is 2.41 bits per heavy atom. The monoisotopic (exact) mass is 245 g/mol. The van der Waals surface area contributed by atoms with Crippen LogP contribution in [0.3, 0.4) is 0 Å². The van der Waals surface area contributed by atoms with Crippen LogP contribution in [0.4, 0.5) is 12.9 Å². The van der Waals surface area contributed by atoms with Crippen LogP contribution in [0, 0.1) is 6.92 Å². The fraction of sp³-hybridized carbons (Fsp3) is 0.500. The van der Waals surface area contributed by atoms with Gasteiger partial charge in [0.15, 0.2) is 0 Å². The van der Waals surface area contributed by atoms with Gasteiger partial charge in [-0.1, -0.05) is 31.9 Å². The minimum absolute atomic E-state index is 0.540. The van der Waals surface area contributed by atoms with E-state index in [1.165, 1.54) is 6.07 Å². The largest absolute Gasteiger partial charge is 0.509 e. The second-order valence-electron chi connectivity index (χ2n) is 4.16. The van der Waals surface area contributed by atoms with E-state index in [9.17, 15) is 12.9 Å². The maximum atomic E-state index is 12.5. The number of hydrogen-bond donors (Lipinski definition) is 0. The average molecular weight is 245 g/mol. The Balaban J connectivity index is 2.64. The highest BCUT2D eigenvalue weighted by Crippen LogP contribution is 2.19. The molecule has 0 saturated heterocycles. The van der Waals surface area contributed by atoms with Gasteiger partial charge in [0.2, 0.25) is 0 Å². The van der Waals surface area contributed by atoms with Gasteiger partial charge in [0.1, 0.15) is 5.75 Å². The van der Waals surface area contributed by atoms with Crippen LogP contribution in [-0.2, 0) is 0 Å². The van der Waals surface area contributed by atoms with Gasteiger partial charge in [-0.05, 0) is 25.0 Å². The summed E-state index contributed by atoms with van der Waals surface area (Å²) >= 11 is 0. The Hall–Kier alpha value is -1.13. The number of rotatable bonds is 6. The molecule has 0 unspecified atom stereocenters. The molecule has 0 N–H and O–H groups in total. The van der Waals surface area contributed by atoms with E-state index >= 15 is 0 Å². The SMILES string of the molecule is CCCCCOc1ccc([B-](F)(F)F)cc1C. The van der Waals surface area contributed by atoms with Crippen LogP contribution in [0.2, 0.25) is 0 Å². The van der Waals surface area contributed by atoms with E-state index in [4.69, 9.17) is 4.74 Å². The fourth-order valence-electron chi connectivity index (χ4n) is 1.57. The summed E-state index contributed by atoms with van der Waals surface area (Å²) in [5, 5.41) is 0. The molecular formula is C12H17BF3O-. The number of aryl methyl sites for hydroxylation is 1. The van der Waals surface area contributed by atoms with Crippen LogP contribution in [-0.4, -0.2) is 13.6 Å². The highest BCUT2D eigenvalue weighted by Gasteiger charge is 2.25. The molecule has 0 amide bonds. The Bertz CT molecular complexity index is 363. The molecule has 0 atom stereocenters. The van der Waals surface area contributed by atoms with Crippen LogP contribution in [0.15, 0.2) is 18.2 Å². The molecule has 17 heavy (non-hydrogen) atoms. The third-order valence-electron chi connectivity index (χ3n) is 2.58. The molecule has 0 aliphatic heterocycles. The van der Waals surface area contributed by atoms with Crippen LogP contribution in [0.5, 0.6) is 5.75 Å². The lowest BCUT2D eigenvalue weighted by Gasteiger charge is -2.17. The van der Waals surface area contributed by atoms with Crippen LogP contribution in [0.1, 0.15) is 31.7 Å². The van der Waals surface area contributed by atoms with Gasteiger partial charge in [-0.15, -0.1) is 5.46 Å². The van der Waals surface area contributed by atoms with Gasteiger partial charge < -0.3 is 17.7 Å². The van der Waals surface area contributed by atoms with Crippen molar-refractivity contribution in [3.05, 3.63) is 23.8 Å². The molecule has 0 aromatic heterocycles. The van der Waals surface area contributed by atoms with E-state index in [1.54, 1.807) is 6.92 Å². The molecule has 1 nitrogen and oxygen atoms in total. The summed E-state index contributed by atoms with van der Waals surface area (Å²) in [5.74, 6) is 0.546. The number of halogens is 3. The molecule has 0 aliphatic rings. The van der Waals surface area contributed by atoms with E-state index in [2.05, 4.69) is 6.92 Å². The zero-order valence-corrected chi connectivity index (χ0v) is 10.2. The molecular weight excluding hydrogens is 228 g/mol. The Kier molecular flexibility index (Phi) is 4.91. The summed E-state index contributed by atoms with van der Waals surface area (Å²) in [6.07, 6.45) is 3.10. The lowest BCUT2D eigenvalue weighted by Crippen LogP contribution is -2.34. The van der Waals surface area contributed by atoms with Crippen molar-refractivity contribution >= 4 is 12.4 Å². The van der Waals surface area contributed by atoms with Gasteiger partial charge in [0, 0.05) is 0 Å². The number of unbranched alkanes of at least 4 members (excludes halogenated alkanes) is 2. The topological polar surface area (TPSA) is 9.23 Å². The van der Waals surface area contributed by atoms with E-state index in [0.717, 1.165) is 31.4 Å². The smallest absolute Gasteiger partial charge is 0.493 e. The quantitative estimate of drug-likeness (QED) is 0.549. The minimum atomic E-state index is -4.92. The van der Waals surface area contributed by atoms with Crippen molar-refractivity contribution in [3.63, 3.8) is 0 Å². The number of hydrogen-bond acceptors (Lipinski definition) is 1. The lowest BCUT2D eigenvalue weighted by molar-refractivity contribution is 0.304. The highest BCUT2D eigenvalue weighted by atomic mass is 19.4. The zero-order chi connectivity index (χ0) is 12.9. The van der Waals surface area contributed by atoms with E-state index < -0.39 is 12.4 Å². The molecule has 96 valence electrons. The van der Waals surface area contributed by atoms with Gasteiger partial charge in [0.25, 0.3) is 0 Å². The summed E-state index contributed by atoms with van der Waals surface area (Å²) in [7, 11) is 0. The molecule has 1 aromatic carbocycles. The molecule has 0 aliphatic carbocycles. The second-order valence-corrected chi connectivity index (χ2v) is 4.16. The first kappa shape index (κ1) is 13.9. The van der Waals surface area contributed by atoms with Crippen LogP contribution >= 0.6 is 0 Å². The molecule has 0 heterocycles. The van der Waals surface area contributed by atoms with Crippen LogP contribution in [0.25, 0.3) is 0 Å². The number of ether oxygens (including phenoxy) is 1. The first-order valence-corrected chi connectivity index (χ1v) is 5.88. The molecule has 0 saturated carbocycles. The Morgan fingerprint density at radius 2 is 1.88 bits per heavy atom. The Labute approximate surface area is 100 Å². The summed E-state index contributed by atoms with van der Waals surface area (Å²) in [4.78, 5) is 0. The van der Waals surface area contributed by atoms with Crippen molar-refractivity contribution in [1.82, 2.24) is 0 Å². The average Bonchev–Trinajstić information content (AvgIpc) is 2.24. The van der Waals surface area contributed by atoms with Gasteiger partial charge in [-0.3, -0.25) is 0 Å². The molecule has 0 radical (unpaired) electrons. The predicted octanol–water partition coefficient (Wildman–Crippen LogP) is 3.62. The van der Waals surface area contributed by atoms with Gasteiger partial charge >= 0.3 is 6.98 Å². The second kappa shape index (κ2) is 5.98. The maximum Gasteiger partial charge on any atom is 0.509 e. The summed E-state index contributed by atoms with van der Waals surface area (Å²) in [5.41, 5.74) is -0.0263. The minimum Gasteiger partial charge on any atom is -0.493 e. The molecule has 5 heteroatoms. The summed E-state index contributed by atoms with van der Waals surface area (Å²) in [6, 6.07) is 3.64. The third kappa shape index (κ3) is 4.33. The van der Waals surface area contributed by atoms with Crippen molar-refractivity contribution in [2.45, 2.75) is 33.1 Å². The fourth-order valence-corrected chi connectivity index (χ4v) is 1.57. The lowest BCUT2D eigenvalue weighted by atomic mass is 9.79. The highest BCUT2D eigenvalue weighted by molar-refractivity contribution is 6.73. The normalized spacial score (nSPS) is 11.6. The maximum absolute atomic E-state index is 12.5. The van der Waals surface area contributed by atoms with E-state index in [1.807, 2.05) is 0 Å². The van der Waals surface area contributed by atoms with Crippen molar-refractivity contribution < 1.29 is 17.7 Å². The van der Waals surface area contributed by atoms with Crippen molar-refractivity contribution in [2.24, 2.45) is 0 Å². The van der Waals surface area contributed by atoms with Gasteiger partial charge in [-0.2, -0.15) is 0 Å². The molecule has 1 rings (SSSR count). The summed E-state index contributed by atoms with van der Waals surface area (Å²) in [6.45, 7) is -0.628. The Morgan fingerprint density at radius 1 is 1.18 bits per heavy atom. The number of benzene rings is 1. The molecule has 1 aromatic rings. The van der Waals surface area contributed by atoms with E-state index in [-0.39, 0.29) is 0 Å². The van der Waals surface area contributed by atoms with Gasteiger partial charge in [0.05, 0.1) is 6.61 Å². The van der Waals surface area contributed by atoms with Crippen LogP contribution < -0.4 is 10.2 Å². The first-order valence-electron chi connectivity index (χ1n) is 5.88. The van der Waals surface area contributed by atoms with Gasteiger partial charge in [-0.25, -0.2) is 0 Å². The summed E-state index contributed by atoms with van der Waals surface area (Å²) < 4.78 is 42.9. The third-order valence-corrected chi connectivity index (χ3v) is 2.58. The van der Waals surface area contributed by atoms with E-state index in [0.29, 0.717) is 17.9 Å². The van der Waals surface area contributed by atoms with Crippen molar-refractivity contribution in [3.8, 4) is 5.75 Å². The van der Waals surface area contributed by atoms with Crippen molar-refractivity contribution in [2.75, 3.05) is 6.61 Å². The van der Waals surface area contributed by atoms with Crippen molar-refractivity contribution in [1.29, 1.82) is 0 Å². The molecule has 0 bridgehead atoms. The standard InChI is InChI=1S/C12H17BF3O/c1-3-4-5-8-17-12-7-6-11(9-10(12)2)13(14,15)16/h6-7,9H,3-5,8H2,1-2H3/q-1.